The summed E-state index contributed by atoms with van der Waals surface area (Å²) in [4.78, 5) is 14.6. The molecule has 4 heteroatoms. The van der Waals surface area contributed by atoms with Crippen LogP contribution in [-0.4, -0.2) is 49.1 Å². The third-order valence-corrected chi connectivity index (χ3v) is 5.16. The predicted octanol–water partition coefficient (Wildman–Crippen LogP) is 2.15. The van der Waals surface area contributed by atoms with Gasteiger partial charge in [0.05, 0.1) is 6.54 Å². The fraction of sp³-hybridized carbons (Fsp3) is 0.941. The van der Waals surface area contributed by atoms with Crippen LogP contribution in [0.2, 0.25) is 0 Å². The number of carbonyl (C=O) groups is 1. The summed E-state index contributed by atoms with van der Waals surface area (Å²) in [6.45, 7) is 8.06. The van der Waals surface area contributed by atoms with Gasteiger partial charge < -0.3 is 10.6 Å². The van der Waals surface area contributed by atoms with Crippen LogP contribution in [0.3, 0.4) is 0 Å². The summed E-state index contributed by atoms with van der Waals surface area (Å²) in [6.07, 6.45) is 8.86. The number of likely N-dealkylation sites (N-methyl/N-ethyl adjacent to an activating group) is 1. The molecule has 2 rings (SSSR count). The van der Waals surface area contributed by atoms with Crippen LogP contribution < -0.4 is 10.6 Å². The molecule has 1 heterocycles. The highest BCUT2D eigenvalue weighted by Gasteiger charge is 2.24. The SMILES string of the molecule is CCN(CC(=O)NC1CCCCC1C)CC1CCCCN1. The molecule has 1 aliphatic carbocycles. The number of rotatable bonds is 6. The molecule has 4 nitrogen and oxygen atoms in total. The number of carbonyl (C=O) groups excluding carboxylic acids is 1. The summed E-state index contributed by atoms with van der Waals surface area (Å²) in [5.41, 5.74) is 0. The van der Waals surface area contributed by atoms with E-state index >= 15 is 0 Å². The first-order valence-electron chi connectivity index (χ1n) is 8.94. The highest BCUT2D eigenvalue weighted by molar-refractivity contribution is 5.78. The van der Waals surface area contributed by atoms with Crippen LogP contribution >= 0.6 is 0 Å². The molecular weight excluding hydrogens is 262 g/mol. The van der Waals surface area contributed by atoms with Crippen molar-refractivity contribution in [3.8, 4) is 0 Å². The van der Waals surface area contributed by atoms with Gasteiger partial charge in [-0.3, -0.25) is 9.69 Å². The number of nitrogens with zero attached hydrogens (tertiary/aromatic N) is 1. The molecule has 0 aromatic heterocycles. The average Bonchev–Trinajstić information content (AvgIpc) is 2.50. The first-order valence-corrected chi connectivity index (χ1v) is 8.94. The molecule has 2 aliphatic rings. The minimum absolute atomic E-state index is 0.214. The molecule has 1 saturated carbocycles. The van der Waals surface area contributed by atoms with Gasteiger partial charge in [-0.2, -0.15) is 0 Å². The van der Waals surface area contributed by atoms with Crippen molar-refractivity contribution < 1.29 is 4.79 Å². The molecule has 122 valence electrons. The normalized spacial score (nSPS) is 30.3. The summed E-state index contributed by atoms with van der Waals surface area (Å²) in [5.74, 6) is 0.851. The maximum atomic E-state index is 12.3. The standard InChI is InChI=1S/C17H33N3O/c1-3-20(12-15-9-6-7-11-18-15)13-17(21)19-16-10-5-4-8-14(16)2/h14-16,18H,3-13H2,1-2H3,(H,19,21). The lowest BCUT2D eigenvalue weighted by atomic mass is 9.86. The van der Waals surface area contributed by atoms with E-state index in [1.54, 1.807) is 0 Å². The van der Waals surface area contributed by atoms with Crippen molar-refractivity contribution >= 4 is 5.91 Å². The van der Waals surface area contributed by atoms with Crippen molar-refractivity contribution in [1.82, 2.24) is 15.5 Å². The van der Waals surface area contributed by atoms with Crippen LogP contribution in [-0.2, 0) is 4.79 Å². The zero-order chi connectivity index (χ0) is 15.1. The molecule has 1 aliphatic heterocycles. The van der Waals surface area contributed by atoms with Crippen molar-refractivity contribution in [3.63, 3.8) is 0 Å². The fourth-order valence-corrected chi connectivity index (χ4v) is 3.68. The smallest absolute Gasteiger partial charge is 0.234 e. The van der Waals surface area contributed by atoms with E-state index in [2.05, 4.69) is 29.4 Å². The molecule has 1 amide bonds. The number of hydrogen-bond acceptors (Lipinski definition) is 3. The largest absolute Gasteiger partial charge is 0.352 e. The van der Waals surface area contributed by atoms with Crippen molar-refractivity contribution in [1.29, 1.82) is 0 Å². The van der Waals surface area contributed by atoms with Crippen LogP contribution in [0.5, 0.6) is 0 Å². The average molecular weight is 295 g/mol. The van der Waals surface area contributed by atoms with Crippen LogP contribution in [0, 0.1) is 5.92 Å². The molecule has 0 bridgehead atoms. The Morgan fingerprint density at radius 2 is 1.95 bits per heavy atom. The molecule has 0 spiro atoms. The van der Waals surface area contributed by atoms with Crippen molar-refractivity contribution in [3.05, 3.63) is 0 Å². The Labute approximate surface area is 130 Å². The third kappa shape index (κ3) is 5.59. The van der Waals surface area contributed by atoms with E-state index in [9.17, 15) is 4.79 Å². The molecule has 3 unspecified atom stereocenters. The monoisotopic (exact) mass is 295 g/mol. The van der Waals surface area contributed by atoms with Gasteiger partial charge in [0.1, 0.15) is 0 Å². The van der Waals surface area contributed by atoms with E-state index in [0.29, 0.717) is 24.5 Å². The highest BCUT2D eigenvalue weighted by atomic mass is 16.2. The number of hydrogen-bond donors (Lipinski definition) is 2. The van der Waals surface area contributed by atoms with Gasteiger partial charge in [-0.1, -0.05) is 33.1 Å². The summed E-state index contributed by atoms with van der Waals surface area (Å²) >= 11 is 0. The van der Waals surface area contributed by atoms with Gasteiger partial charge >= 0.3 is 0 Å². The van der Waals surface area contributed by atoms with Gasteiger partial charge in [-0.25, -0.2) is 0 Å². The summed E-state index contributed by atoms with van der Waals surface area (Å²) in [6, 6.07) is 0.970. The third-order valence-electron chi connectivity index (χ3n) is 5.16. The number of nitrogens with one attached hydrogen (secondary N) is 2. The lowest BCUT2D eigenvalue weighted by Crippen LogP contribution is -2.49. The van der Waals surface area contributed by atoms with Gasteiger partial charge in [0.2, 0.25) is 5.91 Å². The Morgan fingerprint density at radius 3 is 2.62 bits per heavy atom. The van der Waals surface area contributed by atoms with Crippen molar-refractivity contribution in [2.75, 3.05) is 26.2 Å². The topological polar surface area (TPSA) is 44.4 Å². The van der Waals surface area contributed by atoms with Crippen LogP contribution in [0.25, 0.3) is 0 Å². The number of piperidine rings is 1. The maximum Gasteiger partial charge on any atom is 0.234 e. The van der Waals surface area contributed by atoms with E-state index in [1.165, 1.54) is 38.5 Å². The van der Waals surface area contributed by atoms with E-state index in [-0.39, 0.29) is 5.91 Å². The van der Waals surface area contributed by atoms with Gasteiger partial charge in [-0.15, -0.1) is 0 Å². The fourth-order valence-electron chi connectivity index (χ4n) is 3.68. The first-order chi connectivity index (χ1) is 10.2. The first kappa shape index (κ1) is 16.8. The van der Waals surface area contributed by atoms with E-state index in [4.69, 9.17) is 0 Å². The molecule has 3 atom stereocenters. The molecule has 1 saturated heterocycles. The second kappa shape index (κ2) is 8.74. The van der Waals surface area contributed by atoms with E-state index < -0.39 is 0 Å². The minimum Gasteiger partial charge on any atom is -0.352 e. The Bertz CT molecular complexity index is 315. The zero-order valence-corrected chi connectivity index (χ0v) is 13.9. The second-order valence-electron chi connectivity index (χ2n) is 6.91. The molecule has 21 heavy (non-hydrogen) atoms. The second-order valence-corrected chi connectivity index (χ2v) is 6.91. The van der Waals surface area contributed by atoms with E-state index in [1.807, 2.05) is 0 Å². The molecule has 2 N–H and O–H groups in total. The Kier molecular flexibility index (Phi) is 6.97. The lowest BCUT2D eigenvalue weighted by molar-refractivity contribution is -0.123. The van der Waals surface area contributed by atoms with Crippen LogP contribution in [0.1, 0.15) is 58.8 Å². The number of amides is 1. The Balaban J connectivity index is 1.73. The van der Waals surface area contributed by atoms with Gasteiger partial charge in [0.15, 0.2) is 0 Å². The lowest BCUT2D eigenvalue weighted by Gasteiger charge is -2.32. The quantitative estimate of drug-likeness (QED) is 0.789. The summed E-state index contributed by atoms with van der Waals surface area (Å²) < 4.78 is 0. The molecule has 0 aromatic carbocycles. The summed E-state index contributed by atoms with van der Waals surface area (Å²) in [7, 11) is 0. The minimum atomic E-state index is 0.214. The predicted molar refractivity (Wildman–Crippen MR) is 87.3 cm³/mol. The maximum absolute atomic E-state index is 12.3. The highest BCUT2D eigenvalue weighted by Crippen LogP contribution is 2.23. The van der Waals surface area contributed by atoms with Crippen molar-refractivity contribution in [2.24, 2.45) is 5.92 Å². The molecule has 0 radical (unpaired) electrons. The molecule has 2 fully saturated rings. The zero-order valence-electron chi connectivity index (χ0n) is 13.9. The van der Waals surface area contributed by atoms with E-state index in [0.717, 1.165) is 26.1 Å². The van der Waals surface area contributed by atoms with Crippen LogP contribution in [0.4, 0.5) is 0 Å². The molecular formula is C17H33N3O. The van der Waals surface area contributed by atoms with Gasteiger partial charge in [-0.05, 0) is 44.7 Å². The Hall–Kier alpha value is -0.610. The Morgan fingerprint density at radius 1 is 1.19 bits per heavy atom. The van der Waals surface area contributed by atoms with Gasteiger partial charge in [0, 0.05) is 18.6 Å². The van der Waals surface area contributed by atoms with Crippen LogP contribution in [0.15, 0.2) is 0 Å². The van der Waals surface area contributed by atoms with Gasteiger partial charge in [0.25, 0.3) is 0 Å². The van der Waals surface area contributed by atoms with Crippen molar-refractivity contribution in [2.45, 2.75) is 70.9 Å². The summed E-state index contributed by atoms with van der Waals surface area (Å²) in [5, 5.41) is 6.84. The molecule has 0 aromatic rings.